The smallest absolute Gasteiger partial charge is 0.273 e. The van der Waals surface area contributed by atoms with E-state index in [1.807, 2.05) is 52.7 Å². The molecule has 148 valence electrons. The van der Waals surface area contributed by atoms with E-state index < -0.39 is 0 Å². The number of ether oxygens (including phenoxy) is 2. The first kappa shape index (κ1) is 18.2. The van der Waals surface area contributed by atoms with E-state index in [1.165, 1.54) is 11.3 Å². The van der Waals surface area contributed by atoms with Crippen molar-refractivity contribution in [3.8, 4) is 22.1 Å². The van der Waals surface area contributed by atoms with Crippen LogP contribution < -0.4 is 9.47 Å². The zero-order valence-electron chi connectivity index (χ0n) is 16.0. The predicted molar refractivity (Wildman–Crippen MR) is 113 cm³/mol. The van der Waals surface area contributed by atoms with Crippen molar-refractivity contribution in [3.63, 3.8) is 0 Å². The number of carbonyl (C=O) groups excluding carboxylic acids is 1. The highest BCUT2D eigenvalue weighted by atomic mass is 32.1. The maximum Gasteiger partial charge on any atom is 0.273 e. The summed E-state index contributed by atoms with van der Waals surface area (Å²) in [7, 11) is 0. The average molecular weight is 407 g/mol. The minimum atomic E-state index is -0.00181. The molecule has 1 amide bonds. The Kier molecular flexibility index (Phi) is 4.94. The van der Waals surface area contributed by atoms with E-state index in [9.17, 15) is 4.79 Å². The molecule has 6 heteroatoms. The summed E-state index contributed by atoms with van der Waals surface area (Å²) < 4.78 is 11.6. The first-order valence-corrected chi connectivity index (χ1v) is 10.9. The maximum absolute atomic E-state index is 13.2. The third kappa shape index (κ3) is 3.60. The molecule has 3 aromatic rings. The third-order valence-electron chi connectivity index (χ3n) is 5.41. The van der Waals surface area contributed by atoms with Crippen molar-refractivity contribution in [2.45, 2.75) is 25.3 Å². The Hall–Kier alpha value is -2.86. The Morgan fingerprint density at radius 2 is 1.86 bits per heavy atom. The minimum absolute atomic E-state index is 0.00181. The van der Waals surface area contributed by atoms with E-state index in [1.54, 1.807) is 0 Å². The summed E-state index contributed by atoms with van der Waals surface area (Å²) in [5, 5.41) is 2.74. The van der Waals surface area contributed by atoms with E-state index >= 15 is 0 Å². The Bertz CT molecular complexity index is 1020. The summed E-state index contributed by atoms with van der Waals surface area (Å²) in [4.78, 5) is 19.8. The lowest BCUT2D eigenvalue weighted by molar-refractivity contribution is 0.0730. The van der Waals surface area contributed by atoms with Gasteiger partial charge in [-0.3, -0.25) is 4.79 Å². The van der Waals surface area contributed by atoms with E-state index in [-0.39, 0.29) is 11.9 Å². The van der Waals surface area contributed by atoms with Crippen LogP contribution in [0.15, 0.2) is 53.9 Å². The van der Waals surface area contributed by atoms with Crippen LogP contribution in [0.2, 0.25) is 0 Å². The van der Waals surface area contributed by atoms with Gasteiger partial charge in [0.2, 0.25) is 0 Å². The fourth-order valence-electron chi connectivity index (χ4n) is 3.98. The molecular weight excluding hydrogens is 384 g/mol. The molecule has 2 aromatic carbocycles. The second kappa shape index (κ2) is 7.87. The maximum atomic E-state index is 13.2. The SMILES string of the molecule is O=C(c1csc(-c2ccccc2)n1)N1CCC[C@@H]1c1ccc2c(c1)OCCCO2. The first-order chi connectivity index (χ1) is 14.3. The molecule has 0 unspecified atom stereocenters. The van der Waals surface area contributed by atoms with Crippen LogP contribution in [0.3, 0.4) is 0 Å². The van der Waals surface area contributed by atoms with Gasteiger partial charge in [-0.2, -0.15) is 0 Å². The highest BCUT2D eigenvalue weighted by Gasteiger charge is 2.32. The molecule has 0 N–H and O–H groups in total. The van der Waals surface area contributed by atoms with Crippen molar-refractivity contribution in [2.75, 3.05) is 19.8 Å². The number of nitrogens with zero attached hydrogens (tertiary/aromatic N) is 2. The molecule has 1 atom stereocenters. The molecule has 1 aromatic heterocycles. The standard InChI is InChI=1S/C23H22N2O3S/c26-23(18-15-29-22(24-18)16-6-2-1-3-7-16)25-11-4-8-19(25)17-9-10-20-21(14-17)28-13-5-12-27-20/h1-3,6-7,9-10,14-15,19H,4-5,8,11-13H2/t19-/m1/s1. The van der Waals surface area contributed by atoms with Gasteiger partial charge in [-0.05, 0) is 30.5 Å². The molecular formula is C23H22N2O3S. The number of fused-ring (bicyclic) bond motifs is 1. The lowest BCUT2D eigenvalue weighted by Crippen LogP contribution is -2.30. The molecule has 1 saturated heterocycles. The van der Waals surface area contributed by atoms with Gasteiger partial charge >= 0.3 is 0 Å². The van der Waals surface area contributed by atoms with Crippen molar-refractivity contribution in [1.29, 1.82) is 0 Å². The van der Waals surface area contributed by atoms with Crippen molar-refractivity contribution < 1.29 is 14.3 Å². The van der Waals surface area contributed by atoms with Gasteiger partial charge in [-0.1, -0.05) is 36.4 Å². The van der Waals surface area contributed by atoms with Crippen LogP contribution >= 0.6 is 11.3 Å². The summed E-state index contributed by atoms with van der Waals surface area (Å²) in [5.74, 6) is 1.56. The predicted octanol–water partition coefficient (Wildman–Crippen LogP) is 4.95. The lowest BCUT2D eigenvalue weighted by Gasteiger charge is -2.25. The summed E-state index contributed by atoms with van der Waals surface area (Å²) in [6, 6.07) is 16.1. The molecule has 0 aliphatic carbocycles. The summed E-state index contributed by atoms with van der Waals surface area (Å²) in [6.07, 6.45) is 2.81. The molecule has 0 bridgehead atoms. The Labute approximate surface area is 173 Å². The molecule has 3 heterocycles. The van der Waals surface area contributed by atoms with Gasteiger partial charge in [0, 0.05) is 23.9 Å². The topological polar surface area (TPSA) is 51.7 Å². The van der Waals surface area contributed by atoms with Crippen LogP contribution in [0.1, 0.15) is 41.4 Å². The van der Waals surface area contributed by atoms with E-state index in [2.05, 4.69) is 11.1 Å². The van der Waals surface area contributed by atoms with Gasteiger partial charge in [-0.15, -0.1) is 11.3 Å². The number of hydrogen-bond donors (Lipinski definition) is 0. The molecule has 0 radical (unpaired) electrons. The Morgan fingerprint density at radius 3 is 2.72 bits per heavy atom. The number of hydrogen-bond acceptors (Lipinski definition) is 5. The molecule has 29 heavy (non-hydrogen) atoms. The number of thiazole rings is 1. The van der Waals surface area contributed by atoms with Crippen LogP contribution in [-0.2, 0) is 0 Å². The van der Waals surface area contributed by atoms with Crippen molar-refractivity contribution in [2.24, 2.45) is 0 Å². The number of aromatic nitrogens is 1. The van der Waals surface area contributed by atoms with Crippen LogP contribution in [-0.4, -0.2) is 35.5 Å². The van der Waals surface area contributed by atoms with Gasteiger partial charge in [-0.25, -0.2) is 4.98 Å². The fourth-order valence-corrected chi connectivity index (χ4v) is 4.78. The Morgan fingerprint density at radius 1 is 1.03 bits per heavy atom. The van der Waals surface area contributed by atoms with Gasteiger partial charge in [0.25, 0.3) is 5.91 Å². The van der Waals surface area contributed by atoms with Crippen molar-refractivity contribution >= 4 is 17.2 Å². The van der Waals surface area contributed by atoms with Gasteiger partial charge in [0.05, 0.1) is 19.3 Å². The lowest BCUT2D eigenvalue weighted by atomic mass is 10.0. The second-order valence-electron chi connectivity index (χ2n) is 7.32. The number of carbonyl (C=O) groups is 1. The number of rotatable bonds is 3. The molecule has 2 aliphatic rings. The summed E-state index contributed by atoms with van der Waals surface area (Å²) >= 11 is 1.51. The number of amides is 1. The zero-order valence-corrected chi connectivity index (χ0v) is 16.9. The second-order valence-corrected chi connectivity index (χ2v) is 8.18. The summed E-state index contributed by atoms with van der Waals surface area (Å²) in [6.45, 7) is 2.08. The average Bonchev–Trinajstić information content (AvgIpc) is 3.39. The monoisotopic (exact) mass is 406 g/mol. The normalized spacial score (nSPS) is 18.5. The fraction of sp³-hybridized carbons (Fsp3) is 0.304. The molecule has 0 spiro atoms. The molecule has 5 nitrogen and oxygen atoms in total. The van der Waals surface area contributed by atoms with E-state index in [0.29, 0.717) is 18.9 Å². The third-order valence-corrected chi connectivity index (χ3v) is 6.31. The number of benzene rings is 2. The molecule has 5 rings (SSSR count). The van der Waals surface area contributed by atoms with Gasteiger partial charge in [0.15, 0.2) is 11.5 Å². The highest BCUT2D eigenvalue weighted by Crippen LogP contribution is 2.38. The first-order valence-electron chi connectivity index (χ1n) is 10.0. The quantitative estimate of drug-likeness (QED) is 0.618. The van der Waals surface area contributed by atoms with Gasteiger partial charge in [0.1, 0.15) is 10.7 Å². The zero-order chi connectivity index (χ0) is 19.6. The minimum Gasteiger partial charge on any atom is -0.490 e. The summed E-state index contributed by atoms with van der Waals surface area (Å²) in [5.41, 5.74) is 2.66. The molecule has 1 fully saturated rings. The Balaban J connectivity index is 1.39. The van der Waals surface area contributed by atoms with E-state index in [4.69, 9.17) is 9.47 Å². The molecule has 0 saturated carbocycles. The van der Waals surface area contributed by atoms with Crippen LogP contribution in [0.5, 0.6) is 11.5 Å². The van der Waals surface area contributed by atoms with E-state index in [0.717, 1.165) is 53.4 Å². The largest absolute Gasteiger partial charge is 0.490 e. The van der Waals surface area contributed by atoms with Crippen molar-refractivity contribution in [1.82, 2.24) is 9.88 Å². The highest BCUT2D eigenvalue weighted by molar-refractivity contribution is 7.13. The van der Waals surface area contributed by atoms with Crippen molar-refractivity contribution in [3.05, 3.63) is 65.2 Å². The van der Waals surface area contributed by atoms with Crippen LogP contribution in [0.4, 0.5) is 0 Å². The van der Waals surface area contributed by atoms with Crippen LogP contribution in [0.25, 0.3) is 10.6 Å². The van der Waals surface area contributed by atoms with Crippen LogP contribution in [0, 0.1) is 0 Å². The number of likely N-dealkylation sites (tertiary alicyclic amines) is 1. The molecule has 2 aliphatic heterocycles. The van der Waals surface area contributed by atoms with Gasteiger partial charge < -0.3 is 14.4 Å².